The highest BCUT2D eigenvalue weighted by Gasteiger charge is 2.18. The van der Waals surface area contributed by atoms with Crippen molar-refractivity contribution in [2.45, 2.75) is 39.5 Å². The molecule has 0 bridgehead atoms. The number of rotatable bonds is 6. The van der Waals surface area contributed by atoms with Gasteiger partial charge in [0.25, 0.3) is 0 Å². The van der Waals surface area contributed by atoms with Gasteiger partial charge >= 0.3 is 0 Å². The fraction of sp³-hybridized carbons (Fsp3) is 0.929. The Bertz CT molecular complexity index is 243. The van der Waals surface area contributed by atoms with Crippen LogP contribution in [-0.4, -0.2) is 55.0 Å². The molecule has 1 rings (SSSR count). The molecule has 0 aromatic heterocycles. The van der Waals surface area contributed by atoms with E-state index in [9.17, 15) is 4.79 Å². The quantitative estimate of drug-likeness (QED) is 0.778. The summed E-state index contributed by atoms with van der Waals surface area (Å²) in [5.74, 6) is 0.950. The van der Waals surface area contributed by atoms with E-state index in [1.165, 1.54) is 0 Å². The zero-order valence-electron chi connectivity index (χ0n) is 12.0. The van der Waals surface area contributed by atoms with Gasteiger partial charge in [-0.25, -0.2) is 0 Å². The van der Waals surface area contributed by atoms with Crippen molar-refractivity contribution in [3.8, 4) is 0 Å². The Kier molecular flexibility index (Phi) is 7.28. The average Bonchev–Trinajstić information content (AvgIpc) is 2.58. The lowest BCUT2D eigenvalue weighted by molar-refractivity contribution is -0.131. The second kappa shape index (κ2) is 8.48. The van der Waals surface area contributed by atoms with Crippen LogP contribution >= 0.6 is 0 Å². The van der Waals surface area contributed by atoms with Crippen molar-refractivity contribution in [3.05, 3.63) is 0 Å². The van der Waals surface area contributed by atoms with E-state index in [2.05, 4.69) is 18.7 Å². The summed E-state index contributed by atoms with van der Waals surface area (Å²) in [4.78, 5) is 16.5. The van der Waals surface area contributed by atoms with Crippen molar-refractivity contribution < 1.29 is 4.79 Å². The molecule has 0 aliphatic carbocycles. The van der Waals surface area contributed by atoms with Gasteiger partial charge in [0.1, 0.15) is 0 Å². The molecule has 18 heavy (non-hydrogen) atoms. The van der Waals surface area contributed by atoms with Crippen LogP contribution in [0.1, 0.15) is 39.5 Å². The van der Waals surface area contributed by atoms with Crippen molar-refractivity contribution in [2.75, 3.05) is 39.3 Å². The van der Waals surface area contributed by atoms with Crippen LogP contribution < -0.4 is 5.73 Å². The Morgan fingerprint density at radius 2 is 2.00 bits per heavy atom. The summed E-state index contributed by atoms with van der Waals surface area (Å²) in [6.45, 7) is 10.1. The van der Waals surface area contributed by atoms with Crippen LogP contribution in [0.15, 0.2) is 0 Å². The fourth-order valence-corrected chi connectivity index (χ4v) is 2.33. The lowest BCUT2D eigenvalue weighted by Gasteiger charge is -2.22. The van der Waals surface area contributed by atoms with Crippen molar-refractivity contribution in [1.82, 2.24) is 9.80 Å². The van der Waals surface area contributed by atoms with Gasteiger partial charge in [-0.3, -0.25) is 4.79 Å². The Balaban J connectivity index is 2.29. The number of hydrogen-bond acceptors (Lipinski definition) is 3. The van der Waals surface area contributed by atoms with Gasteiger partial charge in [-0.2, -0.15) is 0 Å². The highest BCUT2D eigenvalue weighted by molar-refractivity contribution is 5.76. The monoisotopic (exact) mass is 255 g/mol. The lowest BCUT2D eigenvalue weighted by Crippen LogP contribution is -2.35. The zero-order valence-corrected chi connectivity index (χ0v) is 12.0. The number of nitrogens with zero attached hydrogens (tertiary/aromatic N) is 2. The molecule has 0 atom stereocenters. The lowest BCUT2D eigenvalue weighted by atomic mass is 10.1. The molecule has 0 unspecified atom stereocenters. The van der Waals surface area contributed by atoms with E-state index >= 15 is 0 Å². The molecule has 106 valence electrons. The van der Waals surface area contributed by atoms with Crippen molar-refractivity contribution >= 4 is 5.91 Å². The molecule has 1 amide bonds. The first-order valence-electron chi connectivity index (χ1n) is 7.33. The topological polar surface area (TPSA) is 49.6 Å². The van der Waals surface area contributed by atoms with Gasteiger partial charge < -0.3 is 15.5 Å². The molecule has 4 nitrogen and oxygen atoms in total. The number of nitrogens with two attached hydrogens (primary N) is 1. The van der Waals surface area contributed by atoms with E-state index in [1.807, 2.05) is 4.90 Å². The van der Waals surface area contributed by atoms with Crippen molar-refractivity contribution in [3.63, 3.8) is 0 Å². The van der Waals surface area contributed by atoms with E-state index in [0.29, 0.717) is 18.2 Å². The molecule has 4 heteroatoms. The molecule has 1 aliphatic rings. The maximum absolute atomic E-state index is 12.1. The number of carbonyl (C=O) groups excluding carboxylic acids is 1. The summed E-state index contributed by atoms with van der Waals surface area (Å²) in [7, 11) is 0. The van der Waals surface area contributed by atoms with Gasteiger partial charge in [-0.05, 0) is 44.8 Å². The van der Waals surface area contributed by atoms with Gasteiger partial charge in [0, 0.05) is 26.1 Å². The summed E-state index contributed by atoms with van der Waals surface area (Å²) >= 11 is 0. The first-order valence-corrected chi connectivity index (χ1v) is 7.33. The largest absolute Gasteiger partial charge is 0.341 e. The summed E-state index contributed by atoms with van der Waals surface area (Å²) in [6, 6.07) is 0. The fourth-order valence-electron chi connectivity index (χ4n) is 2.33. The number of amides is 1. The molecule has 0 aromatic rings. The van der Waals surface area contributed by atoms with E-state index in [1.54, 1.807) is 0 Å². The Morgan fingerprint density at radius 3 is 2.67 bits per heavy atom. The van der Waals surface area contributed by atoms with Crippen LogP contribution in [-0.2, 0) is 4.79 Å². The van der Waals surface area contributed by atoms with Crippen molar-refractivity contribution in [1.29, 1.82) is 0 Å². The third-order valence-electron chi connectivity index (χ3n) is 3.56. The third kappa shape index (κ3) is 5.83. The van der Waals surface area contributed by atoms with Crippen LogP contribution in [0.5, 0.6) is 0 Å². The summed E-state index contributed by atoms with van der Waals surface area (Å²) in [6.07, 6.45) is 3.87. The molecular weight excluding hydrogens is 226 g/mol. The molecule has 0 radical (unpaired) electrons. The SMILES string of the molecule is CC(C)CCC(=O)N1CCCN(CCCN)CC1. The van der Waals surface area contributed by atoms with Crippen LogP contribution in [0.3, 0.4) is 0 Å². The number of hydrogen-bond donors (Lipinski definition) is 1. The van der Waals surface area contributed by atoms with E-state index in [-0.39, 0.29) is 0 Å². The molecule has 0 saturated carbocycles. The Labute approximate surface area is 111 Å². The number of carbonyl (C=O) groups is 1. The minimum Gasteiger partial charge on any atom is -0.341 e. The minimum absolute atomic E-state index is 0.337. The second-order valence-corrected chi connectivity index (χ2v) is 5.65. The Hall–Kier alpha value is -0.610. The maximum Gasteiger partial charge on any atom is 0.222 e. The van der Waals surface area contributed by atoms with Gasteiger partial charge in [0.05, 0.1) is 0 Å². The summed E-state index contributed by atoms with van der Waals surface area (Å²) in [5.41, 5.74) is 5.54. The minimum atomic E-state index is 0.337. The van der Waals surface area contributed by atoms with E-state index < -0.39 is 0 Å². The van der Waals surface area contributed by atoms with Gasteiger partial charge in [-0.1, -0.05) is 13.8 Å². The van der Waals surface area contributed by atoms with Crippen LogP contribution in [0.4, 0.5) is 0 Å². The van der Waals surface area contributed by atoms with Gasteiger partial charge in [-0.15, -0.1) is 0 Å². The molecule has 1 heterocycles. The normalized spacial score (nSPS) is 18.1. The molecule has 1 aliphatic heterocycles. The third-order valence-corrected chi connectivity index (χ3v) is 3.56. The summed E-state index contributed by atoms with van der Waals surface area (Å²) < 4.78 is 0. The highest BCUT2D eigenvalue weighted by atomic mass is 16.2. The predicted molar refractivity (Wildman–Crippen MR) is 75.4 cm³/mol. The molecule has 1 saturated heterocycles. The predicted octanol–water partition coefficient (Wildman–Crippen LogP) is 1.31. The second-order valence-electron chi connectivity index (χ2n) is 5.65. The average molecular weight is 255 g/mol. The van der Waals surface area contributed by atoms with E-state index in [0.717, 1.165) is 58.5 Å². The molecule has 2 N–H and O–H groups in total. The van der Waals surface area contributed by atoms with Crippen molar-refractivity contribution in [2.24, 2.45) is 11.7 Å². The molecular formula is C14H29N3O. The molecule has 1 fully saturated rings. The molecule has 0 spiro atoms. The van der Waals surface area contributed by atoms with Gasteiger partial charge in [0.15, 0.2) is 0 Å². The van der Waals surface area contributed by atoms with Gasteiger partial charge in [0.2, 0.25) is 5.91 Å². The van der Waals surface area contributed by atoms with Crippen LogP contribution in [0.25, 0.3) is 0 Å². The van der Waals surface area contributed by atoms with E-state index in [4.69, 9.17) is 5.73 Å². The summed E-state index contributed by atoms with van der Waals surface area (Å²) in [5, 5.41) is 0. The zero-order chi connectivity index (χ0) is 13.4. The smallest absolute Gasteiger partial charge is 0.222 e. The van der Waals surface area contributed by atoms with Crippen LogP contribution in [0, 0.1) is 5.92 Å². The Morgan fingerprint density at radius 1 is 1.22 bits per heavy atom. The maximum atomic E-state index is 12.1. The first-order chi connectivity index (χ1) is 8.63. The van der Waals surface area contributed by atoms with Crippen LogP contribution in [0.2, 0.25) is 0 Å². The highest BCUT2D eigenvalue weighted by Crippen LogP contribution is 2.09. The molecule has 0 aromatic carbocycles. The first kappa shape index (κ1) is 15.4. The standard InChI is InChI=1S/C14H29N3O/c1-13(2)5-6-14(18)17-10-4-9-16(11-12-17)8-3-7-15/h13H,3-12,15H2,1-2H3.